The third kappa shape index (κ3) is 8.46. The molecular formula is C25H29F6N3O2. The van der Waals surface area contributed by atoms with E-state index >= 15 is 0 Å². The Morgan fingerprint density at radius 3 is 2.33 bits per heavy atom. The Kier molecular flexibility index (Phi) is 10.2. The summed E-state index contributed by atoms with van der Waals surface area (Å²) in [5.41, 5.74) is -3.48. The van der Waals surface area contributed by atoms with Gasteiger partial charge in [0.2, 0.25) is 0 Å². The maximum atomic E-state index is 14.0. The van der Waals surface area contributed by atoms with E-state index in [2.05, 4.69) is 22.2 Å². The second-order valence-corrected chi connectivity index (χ2v) is 8.24. The summed E-state index contributed by atoms with van der Waals surface area (Å²) in [6, 6.07) is 2.62. The molecule has 0 unspecified atom stereocenters. The number of amides is 1. The second-order valence-electron chi connectivity index (χ2n) is 8.24. The van der Waals surface area contributed by atoms with Crippen molar-refractivity contribution in [2.75, 3.05) is 19.0 Å². The van der Waals surface area contributed by atoms with Crippen molar-refractivity contribution in [1.29, 1.82) is 0 Å². The number of benzene rings is 1. The Morgan fingerprint density at radius 2 is 1.81 bits per heavy atom. The molecule has 0 heterocycles. The number of allylic oxidation sites excluding steroid dienone is 3. The number of halogens is 6. The van der Waals surface area contributed by atoms with E-state index in [1.165, 1.54) is 13.0 Å². The summed E-state index contributed by atoms with van der Waals surface area (Å²) in [7, 11) is 1.16. The third-order valence-electron chi connectivity index (χ3n) is 5.58. The average molecular weight is 518 g/mol. The lowest BCUT2D eigenvalue weighted by atomic mass is 9.89. The predicted molar refractivity (Wildman–Crippen MR) is 127 cm³/mol. The molecule has 2 rings (SSSR count). The maximum Gasteiger partial charge on any atom is 0.434 e. The monoisotopic (exact) mass is 517 g/mol. The average Bonchev–Trinajstić information content (AvgIpc) is 2.82. The van der Waals surface area contributed by atoms with Crippen molar-refractivity contribution in [2.24, 2.45) is 10.9 Å². The molecule has 1 amide bonds. The Balaban J connectivity index is 2.38. The number of carbonyl (C=O) groups is 1. The van der Waals surface area contributed by atoms with Crippen LogP contribution in [0.2, 0.25) is 0 Å². The van der Waals surface area contributed by atoms with E-state index in [1.807, 2.05) is 0 Å². The highest BCUT2D eigenvalue weighted by atomic mass is 19.4. The fourth-order valence-electron chi connectivity index (χ4n) is 3.81. The molecular weight excluding hydrogens is 488 g/mol. The van der Waals surface area contributed by atoms with Gasteiger partial charge in [0.05, 0.1) is 18.2 Å². The molecule has 1 aromatic rings. The number of hydrogen-bond acceptors (Lipinski definition) is 4. The van der Waals surface area contributed by atoms with Gasteiger partial charge in [-0.2, -0.15) is 26.3 Å². The van der Waals surface area contributed by atoms with Crippen LogP contribution < -0.4 is 15.4 Å². The first-order valence-electron chi connectivity index (χ1n) is 11.4. The van der Waals surface area contributed by atoms with Crippen molar-refractivity contribution >= 4 is 17.3 Å². The molecule has 1 aromatic carbocycles. The SMILES string of the molecule is C=C/C=C(/N=C(\C(=C/C)C(=O)NCC1CCCCC1)C(F)(F)F)Nc1cc(OC)cc(C(F)(F)F)c1. The Bertz CT molecular complexity index is 1020. The van der Waals surface area contributed by atoms with Crippen LogP contribution in [0.1, 0.15) is 44.6 Å². The quantitative estimate of drug-likeness (QED) is 0.164. The maximum absolute atomic E-state index is 14.0. The van der Waals surface area contributed by atoms with Gasteiger partial charge in [0.25, 0.3) is 5.91 Å². The highest BCUT2D eigenvalue weighted by Gasteiger charge is 2.40. The Morgan fingerprint density at radius 1 is 1.14 bits per heavy atom. The van der Waals surface area contributed by atoms with Gasteiger partial charge in [-0.25, -0.2) is 4.99 Å². The molecule has 1 aliphatic rings. The molecule has 0 aromatic heterocycles. The van der Waals surface area contributed by atoms with Crippen LogP contribution in [-0.4, -0.2) is 31.4 Å². The number of hydrogen-bond donors (Lipinski definition) is 2. The molecule has 11 heteroatoms. The molecule has 1 saturated carbocycles. The van der Waals surface area contributed by atoms with Crippen LogP contribution in [0.3, 0.4) is 0 Å². The molecule has 0 spiro atoms. The summed E-state index contributed by atoms with van der Waals surface area (Å²) < 4.78 is 86.6. The minimum Gasteiger partial charge on any atom is -0.497 e. The normalized spacial score (nSPS) is 16.5. The van der Waals surface area contributed by atoms with E-state index in [9.17, 15) is 31.1 Å². The lowest BCUT2D eigenvalue weighted by molar-refractivity contribution is -0.137. The zero-order valence-electron chi connectivity index (χ0n) is 20.0. The first-order valence-corrected chi connectivity index (χ1v) is 11.4. The predicted octanol–water partition coefficient (Wildman–Crippen LogP) is 6.80. The van der Waals surface area contributed by atoms with Crippen LogP contribution in [0.15, 0.2) is 59.4 Å². The largest absolute Gasteiger partial charge is 0.497 e. The third-order valence-corrected chi connectivity index (χ3v) is 5.58. The fraction of sp³-hybridized carbons (Fsp3) is 0.440. The summed E-state index contributed by atoms with van der Waals surface area (Å²) in [5.74, 6) is -1.38. The number of methoxy groups -OCH3 is 1. The number of aliphatic imine (C=N–C) groups is 1. The molecule has 0 atom stereocenters. The van der Waals surface area contributed by atoms with Gasteiger partial charge in [-0.1, -0.05) is 38.0 Å². The van der Waals surface area contributed by atoms with Crippen LogP contribution in [0, 0.1) is 5.92 Å². The summed E-state index contributed by atoms with van der Waals surface area (Å²) in [6.45, 7) is 4.94. The van der Waals surface area contributed by atoms with Crippen molar-refractivity contribution in [3.63, 3.8) is 0 Å². The number of anilines is 1. The van der Waals surface area contributed by atoms with Gasteiger partial charge in [-0.15, -0.1) is 0 Å². The molecule has 36 heavy (non-hydrogen) atoms. The number of rotatable bonds is 9. The van der Waals surface area contributed by atoms with Crippen LogP contribution in [0.25, 0.3) is 0 Å². The van der Waals surface area contributed by atoms with E-state index in [-0.39, 0.29) is 23.9 Å². The summed E-state index contributed by atoms with van der Waals surface area (Å²) >= 11 is 0. The van der Waals surface area contributed by atoms with Gasteiger partial charge in [-0.3, -0.25) is 4.79 Å². The number of ether oxygens (including phenoxy) is 1. The zero-order valence-corrected chi connectivity index (χ0v) is 20.0. The molecule has 0 saturated heterocycles. The first kappa shape index (κ1) is 29.0. The standard InChI is InChI=1S/C25H29F6N3O2/c1-4-9-21(33-18-12-17(24(26,27)28)13-19(14-18)36-3)34-22(25(29,30)31)20(5-2)23(35)32-15-16-10-7-6-8-11-16/h4-5,9,12-14,16,33H,1,6-8,10-11,15H2,2-3H3,(H,32,35)/b20-5+,21-9+,34-22+. The number of alkyl halides is 6. The van der Waals surface area contributed by atoms with Crippen molar-refractivity contribution < 1.29 is 35.9 Å². The number of carbonyl (C=O) groups excluding carboxylic acids is 1. The van der Waals surface area contributed by atoms with Crippen molar-refractivity contribution in [3.05, 3.63) is 60.0 Å². The zero-order chi connectivity index (χ0) is 26.9. The highest BCUT2D eigenvalue weighted by molar-refractivity contribution is 6.23. The molecule has 2 N–H and O–H groups in total. The van der Waals surface area contributed by atoms with Gasteiger partial charge in [0.1, 0.15) is 11.6 Å². The Labute approximate surface area is 206 Å². The lowest BCUT2D eigenvalue weighted by Crippen LogP contribution is -2.37. The lowest BCUT2D eigenvalue weighted by Gasteiger charge is -2.22. The van der Waals surface area contributed by atoms with Gasteiger partial charge in [0.15, 0.2) is 5.71 Å². The van der Waals surface area contributed by atoms with Crippen molar-refractivity contribution in [2.45, 2.75) is 51.4 Å². The van der Waals surface area contributed by atoms with Gasteiger partial charge in [0, 0.05) is 18.3 Å². The topological polar surface area (TPSA) is 62.7 Å². The van der Waals surface area contributed by atoms with Gasteiger partial charge in [-0.05, 0) is 43.9 Å². The Hall–Kier alpha value is -3.24. The minimum atomic E-state index is -5.03. The molecule has 5 nitrogen and oxygen atoms in total. The fourth-order valence-corrected chi connectivity index (χ4v) is 3.81. The molecule has 0 bridgehead atoms. The highest BCUT2D eigenvalue weighted by Crippen LogP contribution is 2.35. The molecule has 0 aliphatic heterocycles. The summed E-state index contributed by atoms with van der Waals surface area (Å²) in [6.07, 6.45) is -1.69. The van der Waals surface area contributed by atoms with Crippen molar-refractivity contribution in [1.82, 2.24) is 5.32 Å². The van der Waals surface area contributed by atoms with E-state index in [0.717, 1.165) is 63.5 Å². The summed E-state index contributed by atoms with van der Waals surface area (Å²) in [4.78, 5) is 16.3. The molecule has 0 radical (unpaired) electrons. The second kappa shape index (κ2) is 12.6. The molecule has 1 fully saturated rings. The number of nitrogens with one attached hydrogen (secondary N) is 2. The molecule has 1 aliphatic carbocycles. The van der Waals surface area contributed by atoms with Crippen LogP contribution in [0.5, 0.6) is 5.75 Å². The van der Waals surface area contributed by atoms with Crippen molar-refractivity contribution in [3.8, 4) is 5.75 Å². The van der Waals surface area contributed by atoms with Gasteiger partial charge < -0.3 is 15.4 Å². The van der Waals surface area contributed by atoms with E-state index in [1.54, 1.807) is 0 Å². The smallest absolute Gasteiger partial charge is 0.434 e. The van der Waals surface area contributed by atoms with Crippen LogP contribution in [0.4, 0.5) is 32.0 Å². The van der Waals surface area contributed by atoms with E-state index < -0.39 is 40.9 Å². The molecule has 198 valence electrons. The van der Waals surface area contributed by atoms with Crippen LogP contribution >= 0.6 is 0 Å². The van der Waals surface area contributed by atoms with E-state index in [0.29, 0.717) is 6.07 Å². The van der Waals surface area contributed by atoms with E-state index in [4.69, 9.17) is 4.74 Å². The summed E-state index contributed by atoms with van der Waals surface area (Å²) in [5, 5.41) is 5.00. The minimum absolute atomic E-state index is 0.165. The number of nitrogens with zero attached hydrogens (tertiary/aromatic N) is 1. The van der Waals surface area contributed by atoms with Gasteiger partial charge >= 0.3 is 12.4 Å². The first-order chi connectivity index (χ1) is 16.9. The van der Waals surface area contributed by atoms with Crippen LogP contribution in [-0.2, 0) is 11.0 Å².